The van der Waals surface area contributed by atoms with Crippen molar-refractivity contribution in [2.24, 2.45) is 0 Å². The third-order valence-corrected chi connectivity index (χ3v) is 19.1. The maximum atomic E-state index is 13.4. The molecule has 4 aromatic rings. The molecule has 104 heavy (non-hydrogen) atoms. The standard InChI is InChI=1S/C64H88N8O28S4/c73-57(65-21-1-25-101(85,86)87)41-97-53-13-5-45(6-14-53)29-49-33-70(38-62(79)80)51(31-47-9-17-55(18-10-47)99-43-59(75)67-23-3-27-103(91,92)93)35-72(40-64(83)84)52(32-48-11-19-56(20-12-48)100-44-60(76)68-24-4-28-104(94,95)96)36-71(39-63(81)82)50(34-69(49)37-61(77)78)30-46-7-15-54(16-8-46)98-42-58(74)66-22-2-26-102(88,89)90/h5-20,49-52H,1-4,21-44H2,(H,65,73)(H,66,74)(H,67,75)(H,68,76)(H,77,78)(H,79,80)(H,81,82)(H,83,84)(H,85,86,87)(H,88,89,90)(H,91,92,93)(H,94,95,96)/t49-,50-,51-,52-/m0/s1. The predicted octanol–water partition coefficient (Wildman–Crippen LogP) is -0.917. The molecule has 0 aromatic heterocycles. The van der Waals surface area contributed by atoms with Gasteiger partial charge in [-0.25, -0.2) is 0 Å². The van der Waals surface area contributed by atoms with Gasteiger partial charge in [0.1, 0.15) is 23.0 Å². The summed E-state index contributed by atoms with van der Waals surface area (Å²) in [5, 5.41) is 53.4. The number of carboxylic acids is 4. The number of nitrogens with zero attached hydrogens (tertiary/aromatic N) is 4. The molecule has 0 saturated carbocycles. The molecular formula is C64H88N8O28S4. The summed E-state index contributed by atoms with van der Waals surface area (Å²) in [6, 6.07) is 21.1. The zero-order chi connectivity index (χ0) is 76.6. The summed E-state index contributed by atoms with van der Waals surface area (Å²) in [5.74, 6) is -9.47. The van der Waals surface area contributed by atoms with Crippen LogP contribution in [0.3, 0.4) is 0 Å². The Balaban J connectivity index is 1.63. The summed E-state index contributed by atoms with van der Waals surface area (Å²) >= 11 is 0. The minimum absolute atomic E-state index is 0.0422. The fourth-order valence-corrected chi connectivity index (χ4v) is 13.1. The molecule has 4 aromatic carbocycles. The third-order valence-electron chi connectivity index (χ3n) is 15.9. The average molecular weight is 1550 g/mol. The van der Waals surface area contributed by atoms with Gasteiger partial charge in [-0.15, -0.1) is 0 Å². The molecule has 1 fully saturated rings. The zero-order valence-corrected chi connectivity index (χ0v) is 59.8. The maximum Gasteiger partial charge on any atom is 0.317 e. The highest BCUT2D eigenvalue weighted by Crippen LogP contribution is 2.27. The fourth-order valence-electron chi connectivity index (χ4n) is 11.1. The van der Waals surface area contributed by atoms with Crippen LogP contribution in [-0.2, 0) is 105 Å². The van der Waals surface area contributed by atoms with Crippen LogP contribution >= 0.6 is 0 Å². The number of benzene rings is 4. The van der Waals surface area contributed by atoms with Gasteiger partial charge in [-0.1, -0.05) is 48.5 Å². The molecule has 0 unspecified atom stereocenters. The van der Waals surface area contributed by atoms with E-state index in [4.69, 9.17) is 37.2 Å². The van der Waals surface area contributed by atoms with Crippen LogP contribution < -0.4 is 40.2 Å². The summed E-state index contributed by atoms with van der Waals surface area (Å²) in [6.45, 7) is -6.34. The van der Waals surface area contributed by atoms with Crippen LogP contribution in [0.5, 0.6) is 23.0 Å². The zero-order valence-electron chi connectivity index (χ0n) is 56.5. The normalized spacial score (nSPS) is 16.9. The van der Waals surface area contributed by atoms with Crippen LogP contribution in [0.2, 0.25) is 0 Å². The molecule has 40 heteroatoms. The number of ether oxygens (including phenoxy) is 4. The Morgan fingerprint density at radius 3 is 0.644 bits per heavy atom. The maximum absolute atomic E-state index is 13.4. The number of carbonyl (C=O) groups is 8. The van der Waals surface area contributed by atoms with Crippen molar-refractivity contribution in [2.75, 3.05) is 128 Å². The molecule has 1 aliphatic heterocycles. The summed E-state index contributed by atoms with van der Waals surface area (Å²) in [4.78, 5) is 110. The van der Waals surface area contributed by atoms with Crippen molar-refractivity contribution in [3.8, 4) is 23.0 Å². The molecule has 0 bridgehead atoms. The summed E-state index contributed by atoms with van der Waals surface area (Å²) in [6.07, 6.45) is -0.498. The van der Waals surface area contributed by atoms with Gasteiger partial charge < -0.3 is 60.6 Å². The quantitative estimate of drug-likeness (QED) is 0.0188. The van der Waals surface area contributed by atoms with Crippen molar-refractivity contribution in [1.29, 1.82) is 0 Å². The van der Waals surface area contributed by atoms with E-state index >= 15 is 0 Å². The van der Waals surface area contributed by atoms with Crippen molar-refractivity contribution in [1.82, 2.24) is 40.9 Å². The predicted molar refractivity (Wildman–Crippen MR) is 371 cm³/mol. The Morgan fingerprint density at radius 1 is 0.317 bits per heavy atom. The smallest absolute Gasteiger partial charge is 0.317 e. The van der Waals surface area contributed by atoms with E-state index in [0.717, 1.165) is 0 Å². The van der Waals surface area contributed by atoms with E-state index in [0.29, 0.717) is 22.3 Å². The number of aliphatic carboxylic acids is 4. The third kappa shape index (κ3) is 36.6. The Kier molecular flexibility index (Phi) is 35.0. The lowest BCUT2D eigenvalue weighted by molar-refractivity contribution is -0.144. The van der Waals surface area contributed by atoms with Gasteiger partial charge in [-0.05, 0) is 122 Å². The Labute approximate surface area is 601 Å². The SMILES string of the molecule is O=C(O)CN1C[C@H](Cc2ccc(OCC(=O)NCCCS(=O)(=O)O)cc2)N(CC(=O)O)C[C@H](Cc2ccc(OCC(=O)NCCCS(=O)(=O)O)cc2)N(CC(=O)O)C[C@H](Cc2ccc(OCC(=O)NCCCS(=O)(=O)O)cc2)N(CC(=O)O)C[C@@H]1Cc1ccc(OCC(=O)NCCCS(=O)(=O)O)cc1. The minimum atomic E-state index is -4.27. The van der Waals surface area contributed by atoms with Gasteiger partial charge in [0, 0.05) is 76.5 Å². The van der Waals surface area contributed by atoms with Crippen molar-refractivity contribution in [3.63, 3.8) is 0 Å². The fraction of sp³-hybridized carbons (Fsp3) is 0.500. The second-order valence-electron chi connectivity index (χ2n) is 24.4. The van der Waals surface area contributed by atoms with E-state index < -0.39 is 188 Å². The molecule has 576 valence electrons. The molecule has 4 amide bonds. The largest absolute Gasteiger partial charge is 0.484 e. The summed E-state index contributed by atoms with van der Waals surface area (Å²) < 4.78 is 148. The number of carboxylic acid groups (broad SMARTS) is 4. The number of hydrogen-bond acceptors (Lipinski definition) is 24. The first-order valence-electron chi connectivity index (χ1n) is 32.5. The van der Waals surface area contributed by atoms with Crippen molar-refractivity contribution < 1.29 is 130 Å². The van der Waals surface area contributed by atoms with Crippen molar-refractivity contribution in [2.45, 2.75) is 75.5 Å². The first kappa shape index (κ1) is 86.0. The highest BCUT2D eigenvalue weighted by molar-refractivity contribution is 7.86. The second kappa shape index (κ2) is 42.3. The molecule has 0 spiro atoms. The van der Waals surface area contributed by atoms with Gasteiger partial charge in [-0.2, -0.15) is 33.7 Å². The van der Waals surface area contributed by atoms with Crippen LogP contribution in [0.4, 0.5) is 0 Å². The Hall–Kier alpha value is -8.68. The van der Waals surface area contributed by atoms with E-state index in [2.05, 4.69) is 21.3 Å². The average Bonchev–Trinajstić information content (AvgIpc) is 0.808. The second-order valence-corrected chi connectivity index (χ2v) is 30.7. The van der Waals surface area contributed by atoms with Gasteiger partial charge in [0.2, 0.25) is 0 Å². The number of hydrogen-bond donors (Lipinski definition) is 12. The van der Waals surface area contributed by atoms with Crippen LogP contribution in [0.25, 0.3) is 0 Å². The minimum Gasteiger partial charge on any atom is -0.484 e. The lowest BCUT2D eigenvalue weighted by atomic mass is 9.95. The molecule has 0 radical (unpaired) electrons. The first-order chi connectivity index (χ1) is 48.9. The van der Waals surface area contributed by atoms with Gasteiger partial charge in [0.05, 0.1) is 49.2 Å². The molecule has 36 nitrogen and oxygen atoms in total. The first-order valence-corrected chi connectivity index (χ1v) is 38.9. The lowest BCUT2D eigenvalue weighted by Gasteiger charge is -2.45. The Bertz CT molecular complexity index is 3440. The number of carbonyl (C=O) groups excluding carboxylic acids is 4. The number of amides is 4. The molecule has 1 aliphatic rings. The molecule has 1 saturated heterocycles. The van der Waals surface area contributed by atoms with E-state index in [1.807, 2.05) is 0 Å². The molecule has 5 rings (SSSR count). The van der Waals surface area contributed by atoms with Crippen molar-refractivity contribution in [3.05, 3.63) is 119 Å². The highest BCUT2D eigenvalue weighted by Gasteiger charge is 2.38. The Morgan fingerprint density at radius 2 is 0.490 bits per heavy atom. The molecule has 1 heterocycles. The number of nitrogens with one attached hydrogen (secondary N) is 4. The molecule has 4 atom stereocenters. The lowest BCUT2D eigenvalue weighted by Crippen LogP contribution is -2.61. The van der Waals surface area contributed by atoms with Gasteiger partial charge >= 0.3 is 23.9 Å². The summed E-state index contributed by atoms with van der Waals surface area (Å²) in [7, 11) is -17.1. The van der Waals surface area contributed by atoms with E-state index in [-0.39, 0.29) is 127 Å². The van der Waals surface area contributed by atoms with E-state index in [1.165, 1.54) is 48.5 Å². The number of rotatable bonds is 44. The van der Waals surface area contributed by atoms with Crippen LogP contribution in [-0.4, -0.2) is 292 Å². The topological polar surface area (TPSA) is 533 Å². The monoisotopic (exact) mass is 1540 g/mol. The van der Waals surface area contributed by atoms with Gasteiger partial charge in [0.15, 0.2) is 26.4 Å². The van der Waals surface area contributed by atoms with Crippen LogP contribution in [0.15, 0.2) is 97.1 Å². The summed E-state index contributed by atoms with van der Waals surface area (Å²) in [5.41, 5.74) is 2.10. The van der Waals surface area contributed by atoms with Crippen molar-refractivity contribution >= 4 is 88.0 Å². The molecule has 0 aliphatic carbocycles. The van der Waals surface area contributed by atoms with E-state index in [1.54, 1.807) is 68.1 Å². The molecule has 12 N–H and O–H groups in total. The van der Waals surface area contributed by atoms with Gasteiger partial charge in [0.25, 0.3) is 64.1 Å². The van der Waals surface area contributed by atoms with Crippen LogP contribution in [0, 0.1) is 0 Å². The highest BCUT2D eigenvalue weighted by atomic mass is 32.2. The molecular weight excluding hydrogens is 1460 g/mol. The van der Waals surface area contributed by atoms with E-state index in [9.17, 15) is 92.5 Å². The van der Waals surface area contributed by atoms with Crippen LogP contribution in [0.1, 0.15) is 47.9 Å². The van der Waals surface area contributed by atoms with Gasteiger partial charge in [-0.3, -0.25) is 76.2 Å².